The number of rotatable bonds is 3. The molecule has 106 valence electrons. The molecule has 0 atom stereocenters. The van der Waals surface area contributed by atoms with Crippen molar-refractivity contribution in [2.45, 2.75) is 30.6 Å². The summed E-state index contributed by atoms with van der Waals surface area (Å²) in [5.41, 5.74) is 0. The van der Waals surface area contributed by atoms with Crippen LogP contribution < -0.4 is 4.90 Å². The number of anilines is 1. The molecule has 19 heavy (non-hydrogen) atoms. The molecule has 0 aromatic carbocycles. The largest absolute Gasteiger partial charge is 0.357 e. The van der Waals surface area contributed by atoms with Crippen LogP contribution in [0.3, 0.4) is 0 Å². The van der Waals surface area contributed by atoms with E-state index in [1.807, 2.05) is 6.07 Å². The number of hydrogen-bond acceptors (Lipinski definition) is 4. The SMILES string of the molecule is CN(C)S(=O)(=O)c1ccc(N2CCCCCC2)nc1. The molecule has 0 bridgehead atoms. The lowest BCUT2D eigenvalue weighted by Gasteiger charge is -2.21. The molecule has 0 unspecified atom stereocenters. The maximum absolute atomic E-state index is 11.9. The first-order valence-corrected chi connectivity index (χ1v) is 8.09. The van der Waals surface area contributed by atoms with E-state index in [-0.39, 0.29) is 4.90 Å². The topological polar surface area (TPSA) is 53.5 Å². The van der Waals surface area contributed by atoms with E-state index in [9.17, 15) is 8.42 Å². The van der Waals surface area contributed by atoms with Gasteiger partial charge in [-0.2, -0.15) is 0 Å². The Morgan fingerprint density at radius 3 is 2.21 bits per heavy atom. The summed E-state index contributed by atoms with van der Waals surface area (Å²) in [4.78, 5) is 6.79. The molecule has 6 heteroatoms. The highest BCUT2D eigenvalue weighted by atomic mass is 32.2. The summed E-state index contributed by atoms with van der Waals surface area (Å²) in [6.07, 6.45) is 6.35. The lowest BCUT2D eigenvalue weighted by atomic mass is 10.2. The molecule has 0 aliphatic carbocycles. The third-order valence-corrected chi connectivity index (χ3v) is 5.23. The Hall–Kier alpha value is -1.14. The average molecular weight is 283 g/mol. The van der Waals surface area contributed by atoms with Gasteiger partial charge in [-0.05, 0) is 25.0 Å². The van der Waals surface area contributed by atoms with Crippen LogP contribution >= 0.6 is 0 Å². The highest BCUT2D eigenvalue weighted by Crippen LogP contribution is 2.19. The Kier molecular flexibility index (Phi) is 4.42. The third-order valence-electron chi connectivity index (χ3n) is 3.43. The van der Waals surface area contributed by atoms with Crippen LogP contribution in [0.15, 0.2) is 23.2 Å². The maximum Gasteiger partial charge on any atom is 0.244 e. The molecule has 0 saturated carbocycles. The van der Waals surface area contributed by atoms with Crippen LogP contribution in [0.4, 0.5) is 5.82 Å². The Balaban J connectivity index is 2.18. The van der Waals surface area contributed by atoms with Crippen LogP contribution in [0.5, 0.6) is 0 Å². The minimum Gasteiger partial charge on any atom is -0.357 e. The highest BCUT2D eigenvalue weighted by Gasteiger charge is 2.18. The molecule has 5 nitrogen and oxygen atoms in total. The highest BCUT2D eigenvalue weighted by molar-refractivity contribution is 7.89. The van der Waals surface area contributed by atoms with Gasteiger partial charge in [-0.15, -0.1) is 0 Å². The molecular weight excluding hydrogens is 262 g/mol. The lowest BCUT2D eigenvalue weighted by Crippen LogP contribution is -2.25. The molecule has 1 aliphatic rings. The van der Waals surface area contributed by atoms with Crippen molar-refractivity contribution in [1.82, 2.24) is 9.29 Å². The van der Waals surface area contributed by atoms with Crippen LogP contribution in [0.2, 0.25) is 0 Å². The van der Waals surface area contributed by atoms with Gasteiger partial charge in [0.2, 0.25) is 10.0 Å². The summed E-state index contributed by atoms with van der Waals surface area (Å²) in [6, 6.07) is 3.45. The second kappa shape index (κ2) is 5.88. The fraction of sp³-hybridized carbons (Fsp3) is 0.615. The van der Waals surface area contributed by atoms with Crippen molar-refractivity contribution in [3.8, 4) is 0 Å². The minimum atomic E-state index is -3.38. The van der Waals surface area contributed by atoms with E-state index in [1.165, 1.54) is 50.3 Å². The number of aromatic nitrogens is 1. The molecule has 1 fully saturated rings. The number of nitrogens with zero attached hydrogens (tertiary/aromatic N) is 3. The summed E-state index contributed by atoms with van der Waals surface area (Å²) < 4.78 is 25.1. The Morgan fingerprint density at radius 1 is 1.11 bits per heavy atom. The fourth-order valence-corrected chi connectivity index (χ4v) is 3.07. The number of sulfonamides is 1. The van der Waals surface area contributed by atoms with Crippen molar-refractivity contribution in [2.75, 3.05) is 32.1 Å². The summed E-state index contributed by atoms with van der Waals surface area (Å²) in [6.45, 7) is 2.01. The summed E-state index contributed by atoms with van der Waals surface area (Å²) in [5.74, 6) is 0.875. The number of hydrogen-bond donors (Lipinski definition) is 0. The van der Waals surface area contributed by atoms with Gasteiger partial charge in [0.1, 0.15) is 10.7 Å². The van der Waals surface area contributed by atoms with Gasteiger partial charge in [0.05, 0.1) is 0 Å². The molecule has 0 spiro atoms. The van der Waals surface area contributed by atoms with Crippen molar-refractivity contribution >= 4 is 15.8 Å². The average Bonchev–Trinajstić information content (AvgIpc) is 2.67. The summed E-state index contributed by atoms with van der Waals surface area (Å²) in [5, 5.41) is 0. The van der Waals surface area contributed by atoms with Crippen molar-refractivity contribution < 1.29 is 8.42 Å². The van der Waals surface area contributed by atoms with Crippen LogP contribution in [0, 0.1) is 0 Å². The van der Waals surface area contributed by atoms with Gasteiger partial charge in [-0.1, -0.05) is 12.8 Å². The summed E-state index contributed by atoms with van der Waals surface area (Å²) >= 11 is 0. The normalized spacial score (nSPS) is 17.5. The second-order valence-electron chi connectivity index (χ2n) is 5.04. The van der Waals surface area contributed by atoms with E-state index in [0.29, 0.717) is 0 Å². The van der Waals surface area contributed by atoms with Crippen molar-refractivity contribution in [3.05, 3.63) is 18.3 Å². The van der Waals surface area contributed by atoms with Crippen LogP contribution in [0.25, 0.3) is 0 Å². The molecule has 1 aromatic heterocycles. The molecule has 1 aliphatic heterocycles. The molecule has 0 N–H and O–H groups in total. The van der Waals surface area contributed by atoms with Crippen LogP contribution in [-0.2, 0) is 10.0 Å². The zero-order valence-electron chi connectivity index (χ0n) is 11.5. The van der Waals surface area contributed by atoms with Gasteiger partial charge in [0.25, 0.3) is 0 Å². The third kappa shape index (κ3) is 3.25. The van der Waals surface area contributed by atoms with Gasteiger partial charge >= 0.3 is 0 Å². The molecule has 0 amide bonds. The Morgan fingerprint density at radius 2 is 1.74 bits per heavy atom. The predicted molar refractivity (Wildman–Crippen MR) is 75.8 cm³/mol. The van der Waals surface area contributed by atoms with Gasteiger partial charge in [-0.25, -0.2) is 17.7 Å². The van der Waals surface area contributed by atoms with Crippen molar-refractivity contribution in [2.24, 2.45) is 0 Å². The molecule has 1 aromatic rings. The monoisotopic (exact) mass is 283 g/mol. The van der Waals surface area contributed by atoms with E-state index in [4.69, 9.17) is 0 Å². The first kappa shape index (κ1) is 14.3. The first-order chi connectivity index (χ1) is 9.01. The zero-order chi connectivity index (χ0) is 13.9. The standard InChI is InChI=1S/C13H21N3O2S/c1-15(2)19(17,18)12-7-8-13(14-11-12)16-9-5-3-4-6-10-16/h7-8,11H,3-6,9-10H2,1-2H3. The molecule has 2 heterocycles. The van der Waals surface area contributed by atoms with Crippen molar-refractivity contribution in [3.63, 3.8) is 0 Å². The first-order valence-electron chi connectivity index (χ1n) is 6.65. The van der Waals surface area contributed by atoms with Crippen molar-refractivity contribution in [1.29, 1.82) is 0 Å². The van der Waals surface area contributed by atoms with Gasteiger partial charge in [0, 0.05) is 33.4 Å². The van der Waals surface area contributed by atoms with Gasteiger partial charge in [-0.3, -0.25) is 0 Å². The summed E-state index contributed by atoms with van der Waals surface area (Å²) in [7, 11) is -0.328. The Labute approximate surface area is 115 Å². The number of pyridine rings is 1. The molecule has 1 saturated heterocycles. The van der Waals surface area contributed by atoms with Crippen LogP contribution in [0.1, 0.15) is 25.7 Å². The van der Waals surface area contributed by atoms with E-state index in [1.54, 1.807) is 6.07 Å². The lowest BCUT2D eigenvalue weighted by molar-refractivity contribution is 0.520. The molecule has 0 radical (unpaired) electrons. The predicted octanol–water partition coefficient (Wildman–Crippen LogP) is 1.71. The maximum atomic E-state index is 11.9. The minimum absolute atomic E-state index is 0.246. The smallest absolute Gasteiger partial charge is 0.244 e. The molecule has 2 rings (SSSR count). The quantitative estimate of drug-likeness (QED) is 0.847. The second-order valence-corrected chi connectivity index (χ2v) is 7.19. The van der Waals surface area contributed by atoms with Gasteiger partial charge < -0.3 is 4.90 Å². The fourth-order valence-electron chi connectivity index (χ4n) is 2.22. The zero-order valence-corrected chi connectivity index (χ0v) is 12.4. The van der Waals surface area contributed by atoms with E-state index in [2.05, 4.69) is 9.88 Å². The molecular formula is C13H21N3O2S. The van der Waals surface area contributed by atoms with Gasteiger partial charge in [0.15, 0.2) is 0 Å². The Bertz CT molecular complexity index is 503. The van der Waals surface area contributed by atoms with E-state index < -0.39 is 10.0 Å². The van der Waals surface area contributed by atoms with E-state index >= 15 is 0 Å². The van der Waals surface area contributed by atoms with E-state index in [0.717, 1.165) is 18.9 Å². The van der Waals surface area contributed by atoms with Crippen LogP contribution in [-0.4, -0.2) is 44.9 Å².